The van der Waals surface area contributed by atoms with Gasteiger partial charge in [0.2, 0.25) is 5.89 Å². The van der Waals surface area contributed by atoms with Crippen LogP contribution in [0, 0.1) is 6.92 Å². The Hall–Kier alpha value is -2.64. The van der Waals surface area contributed by atoms with Gasteiger partial charge in [-0.25, -0.2) is 4.79 Å². The van der Waals surface area contributed by atoms with E-state index in [0.717, 1.165) is 50.5 Å². The van der Waals surface area contributed by atoms with Gasteiger partial charge in [-0.05, 0) is 38.3 Å². The molecule has 1 aliphatic heterocycles. The molecule has 0 unspecified atom stereocenters. The maximum Gasteiger partial charge on any atom is 0.317 e. The lowest BCUT2D eigenvalue weighted by Crippen LogP contribution is -2.41. The van der Waals surface area contributed by atoms with Gasteiger partial charge in [-0.15, -0.1) is 0 Å². The number of anilines is 1. The molecule has 2 aromatic heterocycles. The van der Waals surface area contributed by atoms with Crippen LogP contribution in [0.1, 0.15) is 55.4 Å². The number of urea groups is 1. The van der Waals surface area contributed by atoms with Crippen molar-refractivity contribution in [2.75, 3.05) is 31.1 Å². The summed E-state index contributed by atoms with van der Waals surface area (Å²) >= 11 is 0. The SMILES string of the molecule is Cc1cc(N2CCCN(C(=O)NCc3noc(C4CCCC4)n3)CC2)ccn1. The number of carbonyl (C=O) groups excluding carboxylic acids is 1. The Morgan fingerprint density at radius 2 is 2.07 bits per heavy atom. The smallest absolute Gasteiger partial charge is 0.317 e. The van der Waals surface area contributed by atoms with Gasteiger partial charge in [-0.2, -0.15) is 4.98 Å². The minimum atomic E-state index is -0.0695. The molecule has 2 amide bonds. The van der Waals surface area contributed by atoms with Gasteiger partial charge in [0.05, 0.1) is 6.54 Å². The Kier molecular flexibility index (Phi) is 5.73. The van der Waals surface area contributed by atoms with Crippen LogP contribution in [0.3, 0.4) is 0 Å². The Bertz CT molecular complexity index is 801. The van der Waals surface area contributed by atoms with E-state index < -0.39 is 0 Å². The van der Waals surface area contributed by atoms with Crippen LogP contribution < -0.4 is 10.2 Å². The third-order valence-corrected chi connectivity index (χ3v) is 5.61. The predicted molar refractivity (Wildman–Crippen MR) is 105 cm³/mol. The van der Waals surface area contributed by atoms with Crippen LogP contribution in [0.5, 0.6) is 0 Å². The highest BCUT2D eigenvalue weighted by Crippen LogP contribution is 2.32. The van der Waals surface area contributed by atoms with Gasteiger partial charge in [-0.3, -0.25) is 4.98 Å². The van der Waals surface area contributed by atoms with Crippen molar-refractivity contribution in [3.05, 3.63) is 35.7 Å². The fraction of sp³-hybridized carbons (Fsp3) is 0.600. The van der Waals surface area contributed by atoms with Crippen molar-refractivity contribution in [1.82, 2.24) is 25.3 Å². The zero-order chi connectivity index (χ0) is 19.3. The fourth-order valence-electron chi connectivity index (χ4n) is 4.05. The predicted octanol–water partition coefficient (Wildman–Crippen LogP) is 2.85. The summed E-state index contributed by atoms with van der Waals surface area (Å²) in [5.41, 5.74) is 2.18. The molecule has 4 rings (SSSR count). The average molecular weight is 384 g/mol. The van der Waals surface area contributed by atoms with Crippen LogP contribution in [0.4, 0.5) is 10.5 Å². The number of hydrogen-bond donors (Lipinski definition) is 1. The number of pyridine rings is 1. The zero-order valence-corrected chi connectivity index (χ0v) is 16.4. The number of aromatic nitrogens is 3. The second kappa shape index (κ2) is 8.58. The molecule has 3 heterocycles. The molecule has 1 saturated heterocycles. The molecular formula is C20H28N6O2. The molecule has 0 spiro atoms. The minimum Gasteiger partial charge on any atom is -0.370 e. The van der Waals surface area contributed by atoms with E-state index in [1.54, 1.807) is 0 Å². The monoisotopic (exact) mass is 384 g/mol. The molecule has 8 heteroatoms. The average Bonchev–Trinajstić information content (AvgIpc) is 3.33. The van der Waals surface area contributed by atoms with Crippen molar-refractivity contribution in [1.29, 1.82) is 0 Å². The second-order valence-electron chi connectivity index (χ2n) is 7.67. The third kappa shape index (κ3) is 4.43. The summed E-state index contributed by atoms with van der Waals surface area (Å²) in [6.45, 7) is 5.47. The molecule has 1 saturated carbocycles. The fourth-order valence-corrected chi connectivity index (χ4v) is 4.05. The van der Waals surface area contributed by atoms with Crippen LogP contribution in [0.15, 0.2) is 22.9 Å². The Morgan fingerprint density at radius 3 is 2.89 bits per heavy atom. The summed E-state index contributed by atoms with van der Waals surface area (Å²) in [4.78, 5) is 25.5. The molecule has 0 aromatic carbocycles. The van der Waals surface area contributed by atoms with E-state index in [2.05, 4.69) is 31.4 Å². The van der Waals surface area contributed by atoms with E-state index in [1.807, 2.05) is 24.1 Å². The summed E-state index contributed by atoms with van der Waals surface area (Å²) in [5.74, 6) is 1.67. The number of carbonyl (C=O) groups is 1. The van der Waals surface area contributed by atoms with E-state index in [-0.39, 0.29) is 6.03 Å². The highest BCUT2D eigenvalue weighted by atomic mass is 16.5. The van der Waals surface area contributed by atoms with Crippen LogP contribution in [-0.2, 0) is 6.54 Å². The van der Waals surface area contributed by atoms with Gasteiger partial charge in [0.25, 0.3) is 0 Å². The first-order valence-electron chi connectivity index (χ1n) is 10.2. The molecule has 2 fully saturated rings. The Labute approximate surface area is 165 Å². The van der Waals surface area contributed by atoms with Crippen molar-refractivity contribution in [3.8, 4) is 0 Å². The van der Waals surface area contributed by atoms with Gasteiger partial charge in [0, 0.05) is 49.7 Å². The number of hydrogen-bond acceptors (Lipinski definition) is 6. The second-order valence-corrected chi connectivity index (χ2v) is 7.67. The summed E-state index contributed by atoms with van der Waals surface area (Å²) in [5, 5.41) is 6.96. The minimum absolute atomic E-state index is 0.0695. The van der Waals surface area contributed by atoms with Crippen LogP contribution >= 0.6 is 0 Å². The quantitative estimate of drug-likeness (QED) is 0.872. The summed E-state index contributed by atoms with van der Waals surface area (Å²) < 4.78 is 5.38. The van der Waals surface area contributed by atoms with Gasteiger partial charge >= 0.3 is 6.03 Å². The van der Waals surface area contributed by atoms with Crippen molar-refractivity contribution >= 4 is 11.7 Å². The van der Waals surface area contributed by atoms with E-state index in [4.69, 9.17) is 4.52 Å². The van der Waals surface area contributed by atoms with Crippen molar-refractivity contribution < 1.29 is 9.32 Å². The first-order chi connectivity index (χ1) is 13.7. The highest BCUT2D eigenvalue weighted by molar-refractivity contribution is 5.74. The normalized spacial score (nSPS) is 18.3. The number of nitrogens with one attached hydrogen (secondary N) is 1. The highest BCUT2D eigenvalue weighted by Gasteiger charge is 2.24. The van der Waals surface area contributed by atoms with E-state index in [1.165, 1.54) is 18.5 Å². The van der Waals surface area contributed by atoms with E-state index in [0.29, 0.717) is 24.8 Å². The molecular weight excluding hydrogens is 356 g/mol. The molecule has 1 aliphatic carbocycles. The lowest BCUT2D eigenvalue weighted by atomic mass is 10.1. The molecule has 28 heavy (non-hydrogen) atoms. The molecule has 2 aromatic rings. The third-order valence-electron chi connectivity index (χ3n) is 5.61. The van der Waals surface area contributed by atoms with Crippen LogP contribution in [-0.4, -0.2) is 52.2 Å². The largest absolute Gasteiger partial charge is 0.370 e. The van der Waals surface area contributed by atoms with Crippen molar-refractivity contribution in [3.63, 3.8) is 0 Å². The Balaban J connectivity index is 1.28. The molecule has 150 valence electrons. The van der Waals surface area contributed by atoms with Crippen LogP contribution in [0.25, 0.3) is 0 Å². The molecule has 1 N–H and O–H groups in total. The lowest BCUT2D eigenvalue weighted by molar-refractivity contribution is 0.200. The standard InChI is InChI=1S/C20H28N6O2/c1-15-13-17(7-8-21-15)25-9-4-10-26(12-11-25)20(27)22-14-18-23-19(28-24-18)16-5-2-3-6-16/h7-8,13,16H,2-6,9-12,14H2,1H3,(H,22,27). The van der Waals surface area contributed by atoms with Crippen LogP contribution in [0.2, 0.25) is 0 Å². The molecule has 0 atom stereocenters. The number of aryl methyl sites for hydroxylation is 1. The van der Waals surface area contributed by atoms with Gasteiger partial charge in [0.1, 0.15) is 0 Å². The lowest BCUT2D eigenvalue weighted by Gasteiger charge is -2.24. The van der Waals surface area contributed by atoms with E-state index in [9.17, 15) is 4.79 Å². The number of nitrogens with zero attached hydrogens (tertiary/aromatic N) is 5. The number of amides is 2. The maximum absolute atomic E-state index is 12.6. The summed E-state index contributed by atoms with van der Waals surface area (Å²) in [6.07, 6.45) is 7.46. The first kappa shape index (κ1) is 18.7. The van der Waals surface area contributed by atoms with Gasteiger partial charge < -0.3 is 19.6 Å². The molecule has 0 bridgehead atoms. The van der Waals surface area contributed by atoms with E-state index >= 15 is 0 Å². The zero-order valence-electron chi connectivity index (χ0n) is 16.4. The van der Waals surface area contributed by atoms with Gasteiger partial charge in [0.15, 0.2) is 5.82 Å². The number of rotatable bonds is 4. The molecule has 2 aliphatic rings. The first-order valence-corrected chi connectivity index (χ1v) is 10.2. The molecule has 0 radical (unpaired) electrons. The van der Waals surface area contributed by atoms with Crippen molar-refractivity contribution in [2.45, 2.75) is 51.5 Å². The van der Waals surface area contributed by atoms with Gasteiger partial charge in [-0.1, -0.05) is 18.0 Å². The summed E-state index contributed by atoms with van der Waals surface area (Å²) in [7, 11) is 0. The maximum atomic E-state index is 12.6. The topological polar surface area (TPSA) is 87.4 Å². The molecule has 8 nitrogen and oxygen atoms in total. The van der Waals surface area contributed by atoms with Crippen molar-refractivity contribution in [2.24, 2.45) is 0 Å². The Morgan fingerprint density at radius 1 is 1.21 bits per heavy atom. The summed E-state index contributed by atoms with van der Waals surface area (Å²) in [6, 6.07) is 4.05.